The molecule has 0 bridgehead atoms. The van der Waals surface area contributed by atoms with E-state index in [0.29, 0.717) is 28.6 Å². The second-order valence-electron chi connectivity index (χ2n) is 5.59. The lowest BCUT2D eigenvalue weighted by Gasteiger charge is -2.11. The van der Waals surface area contributed by atoms with Crippen LogP contribution in [0, 0.1) is 12.7 Å². The molecule has 0 radical (unpaired) electrons. The predicted molar refractivity (Wildman–Crippen MR) is 97.4 cm³/mol. The van der Waals surface area contributed by atoms with Gasteiger partial charge < -0.3 is 15.4 Å². The summed E-state index contributed by atoms with van der Waals surface area (Å²) in [4.78, 5) is 20.6. The summed E-state index contributed by atoms with van der Waals surface area (Å²) in [6, 6.07) is 11.3. The van der Waals surface area contributed by atoms with Crippen LogP contribution < -0.4 is 15.4 Å². The molecular formula is C19H17FN4O2. The Hall–Kier alpha value is -3.48. The Labute approximate surface area is 150 Å². The number of methoxy groups -OCH3 is 1. The third-order valence-corrected chi connectivity index (χ3v) is 3.62. The topological polar surface area (TPSA) is 76.1 Å². The van der Waals surface area contributed by atoms with Crippen LogP contribution in [0.15, 0.2) is 54.9 Å². The van der Waals surface area contributed by atoms with E-state index in [0.717, 1.165) is 5.56 Å². The van der Waals surface area contributed by atoms with Crippen LogP contribution in [0.5, 0.6) is 5.75 Å². The number of carbonyl (C=O) groups is 1. The fourth-order valence-electron chi connectivity index (χ4n) is 2.29. The van der Waals surface area contributed by atoms with E-state index in [2.05, 4.69) is 20.6 Å². The number of rotatable bonds is 5. The third-order valence-electron chi connectivity index (χ3n) is 3.62. The number of aryl methyl sites for hydroxylation is 1. The third kappa shape index (κ3) is 4.13. The molecule has 7 heteroatoms. The number of hydrogen-bond acceptors (Lipinski definition) is 5. The molecule has 26 heavy (non-hydrogen) atoms. The number of halogens is 1. The van der Waals surface area contributed by atoms with Crippen molar-refractivity contribution in [2.45, 2.75) is 6.92 Å². The number of anilines is 3. The molecule has 6 nitrogen and oxygen atoms in total. The van der Waals surface area contributed by atoms with Crippen LogP contribution in [0.1, 0.15) is 15.9 Å². The Morgan fingerprint density at radius 1 is 1.08 bits per heavy atom. The summed E-state index contributed by atoms with van der Waals surface area (Å²) < 4.78 is 18.2. The van der Waals surface area contributed by atoms with Gasteiger partial charge >= 0.3 is 0 Å². The van der Waals surface area contributed by atoms with Crippen molar-refractivity contribution in [1.82, 2.24) is 9.97 Å². The molecule has 0 fully saturated rings. The monoisotopic (exact) mass is 352 g/mol. The summed E-state index contributed by atoms with van der Waals surface area (Å²) in [6.07, 6.45) is 2.83. The van der Waals surface area contributed by atoms with Gasteiger partial charge in [-0.1, -0.05) is 6.07 Å². The van der Waals surface area contributed by atoms with Crippen LogP contribution >= 0.6 is 0 Å². The summed E-state index contributed by atoms with van der Waals surface area (Å²) in [5.41, 5.74) is 2.52. The Morgan fingerprint density at radius 2 is 1.77 bits per heavy atom. The van der Waals surface area contributed by atoms with Crippen molar-refractivity contribution in [2.24, 2.45) is 0 Å². The van der Waals surface area contributed by atoms with Crippen molar-refractivity contribution in [3.05, 3.63) is 71.8 Å². The fraction of sp³-hybridized carbons (Fsp3) is 0.105. The van der Waals surface area contributed by atoms with E-state index < -0.39 is 0 Å². The van der Waals surface area contributed by atoms with Crippen molar-refractivity contribution in [2.75, 3.05) is 17.7 Å². The zero-order valence-corrected chi connectivity index (χ0v) is 14.3. The first-order valence-electron chi connectivity index (χ1n) is 7.86. The van der Waals surface area contributed by atoms with E-state index in [9.17, 15) is 9.18 Å². The van der Waals surface area contributed by atoms with E-state index in [1.165, 1.54) is 24.5 Å². The first-order chi connectivity index (χ1) is 12.5. The summed E-state index contributed by atoms with van der Waals surface area (Å²) in [5.74, 6) is 0.207. The Bertz CT molecular complexity index is 912. The van der Waals surface area contributed by atoms with Crippen LogP contribution in [-0.2, 0) is 0 Å². The van der Waals surface area contributed by atoms with Gasteiger partial charge in [0.25, 0.3) is 5.91 Å². The molecule has 0 aliphatic rings. The molecule has 0 aliphatic carbocycles. The van der Waals surface area contributed by atoms with Crippen molar-refractivity contribution in [1.29, 1.82) is 0 Å². The SMILES string of the molecule is COc1ccc(C)cc1NC(=O)c1cnc(Nc2ccc(F)cc2)nc1. The molecule has 0 unspecified atom stereocenters. The molecule has 0 spiro atoms. The van der Waals surface area contributed by atoms with Crippen LogP contribution in [0.3, 0.4) is 0 Å². The number of nitrogens with one attached hydrogen (secondary N) is 2. The normalized spacial score (nSPS) is 10.3. The van der Waals surface area contributed by atoms with Crippen LogP contribution in [0.25, 0.3) is 0 Å². The highest BCUT2D eigenvalue weighted by Crippen LogP contribution is 2.25. The minimum atomic E-state index is -0.345. The maximum Gasteiger partial charge on any atom is 0.258 e. The largest absolute Gasteiger partial charge is 0.495 e. The molecule has 1 heterocycles. The number of hydrogen-bond donors (Lipinski definition) is 2. The molecule has 3 rings (SSSR count). The van der Waals surface area contributed by atoms with Crippen molar-refractivity contribution < 1.29 is 13.9 Å². The zero-order chi connectivity index (χ0) is 18.5. The number of aromatic nitrogens is 2. The second-order valence-corrected chi connectivity index (χ2v) is 5.59. The van der Waals surface area contributed by atoms with Gasteiger partial charge in [-0.05, 0) is 48.9 Å². The van der Waals surface area contributed by atoms with Crippen LogP contribution in [-0.4, -0.2) is 23.0 Å². The minimum absolute atomic E-state index is 0.304. The van der Waals surface area contributed by atoms with Gasteiger partial charge in [0, 0.05) is 18.1 Å². The lowest BCUT2D eigenvalue weighted by atomic mass is 10.2. The minimum Gasteiger partial charge on any atom is -0.495 e. The number of ether oxygens (including phenoxy) is 1. The first-order valence-corrected chi connectivity index (χ1v) is 7.86. The quantitative estimate of drug-likeness (QED) is 0.728. The molecule has 1 amide bonds. The highest BCUT2D eigenvalue weighted by Gasteiger charge is 2.11. The Morgan fingerprint density at radius 3 is 2.42 bits per heavy atom. The predicted octanol–water partition coefficient (Wildman–Crippen LogP) is 3.93. The Kier molecular flexibility index (Phi) is 5.07. The van der Waals surface area contributed by atoms with E-state index >= 15 is 0 Å². The van der Waals surface area contributed by atoms with E-state index in [4.69, 9.17) is 4.74 Å². The number of carbonyl (C=O) groups excluding carboxylic acids is 1. The van der Waals surface area contributed by atoms with E-state index in [1.54, 1.807) is 25.3 Å². The summed E-state index contributed by atoms with van der Waals surface area (Å²) in [5, 5.41) is 5.72. The highest BCUT2D eigenvalue weighted by atomic mass is 19.1. The number of amides is 1. The Balaban J connectivity index is 1.71. The van der Waals surface area contributed by atoms with Gasteiger partial charge in [-0.3, -0.25) is 4.79 Å². The fourth-order valence-corrected chi connectivity index (χ4v) is 2.29. The zero-order valence-electron chi connectivity index (χ0n) is 14.3. The first kappa shape index (κ1) is 17.3. The number of nitrogens with zero attached hydrogens (tertiary/aromatic N) is 2. The van der Waals surface area contributed by atoms with E-state index in [-0.39, 0.29) is 11.7 Å². The molecule has 132 valence electrons. The molecule has 0 aliphatic heterocycles. The van der Waals surface area contributed by atoms with Gasteiger partial charge in [-0.25, -0.2) is 14.4 Å². The lowest BCUT2D eigenvalue weighted by molar-refractivity contribution is 0.102. The van der Waals surface area contributed by atoms with Gasteiger partial charge in [-0.2, -0.15) is 0 Å². The standard InChI is InChI=1S/C19H17FN4O2/c1-12-3-8-17(26-2)16(9-12)24-18(25)13-10-21-19(22-11-13)23-15-6-4-14(20)5-7-15/h3-11H,1-2H3,(H,24,25)(H,21,22,23). The highest BCUT2D eigenvalue weighted by molar-refractivity contribution is 6.04. The van der Waals surface area contributed by atoms with Gasteiger partial charge in [0.2, 0.25) is 5.95 Å². The smallest absolute Gasteiger partial charge is 0.258 e. The van der Waals surface area contributed by atoms with Crippen LogP contribution in [0.4, 0.5) is 21.7 Å². The van der Waals surface area contributed by atoms with E-state index in [1.807, 2.05) is 19.1 Å². The maximum atomic E-state index is 12.9. The molecule has 0 atom stereocenters. The van der Waals surface area contributed by atoms with Crippen molar-refractivity contribution >= 4 is 23.2 Å². The van der Waals surface area contributed by atoms with Crippen molar-refractivity contribution in [3.8, 4) is 5.75 Å². The molecule has 3 aromatic rings. The van der Waals surface area contributed by atoms with Crippen molar-refractivity contribution in [3.63, 3.8) is 0 Å². The molecule has 1 aromatic heterocycles. The average Bonchev–Trinajstić information content (AvgIpc) is 2.64. The summed E-state index contributed by atoms with van der Waals surface area (Å²) in [6.45, 7) is 1.92. The molecular weight excluding hydrogens is 335 g/mol. The van der Waals surface area contributed by atoms with Gasteiger partial charge in [0.05, 0.1) is 18.4 Å². The molecule has 0 saturated carbocycles. The van der Waals surface area contributed by atoms with Gasteiger partial charge in [0.1, 0.15) is 11.6 Å². The van der Waals surface area contributed by atoms with Gasteiger partial charge in [0.15, 0.2) is 0 Å². The molecule has 2 aromatic carbocycles. The molecule has 2 N–H and O–H groups in total. The number of benzene rings is 2. The molecule has 0 saturated heterocycles. The summed E-state index contributed by atoms with van der Waals surface area (Å²) in [7, 11) is 1.54. The van der Waals surface area contributed by atoms with Crippen LogP contribution in [0.2, 0.25) is 0 Å². The van der Waals surface area contributed by atoms with Gasteiger partial charge in [-0.15, -0.1) is 0 Å². The second kappa shape index (κ2) is 7.60. The maximum absolute atomic E-state index is 12.9. The summed E-state index contributed by atoms with van der Waals surface area (Å²) >= 11 is 0. The lowest BCUT2D eigenvalue weighted by Crippen LogP contribution is -2.14. The average molecular weight is 352 g/mol.